The van der Waals surface area contributed by atoms with E-state index in [1.54, 1.807) is 22.7 Å². The van der Waals surface area contributed by atoms with Crippen molar-refractivity contribution < 1.29 is 9.53 Å². The molecule has 2 heterocycles. The van der Waals surface area contributed by atoms with E-state index >= 15 is 0 Å². The number of nitrogens with zero attached hydrogens (tertiary/aromatic N) is 1. The molecule has 0 fully saturated rings. The van der Waals surface area contributed by atoms with Gasteiger partial charge in [0.25, 0.3) is 0 Å². The number of nitrogens with one attached hydrogen (secondary N) is 1. The minimum absolute atomic E-state index is 0.206. The van der Waals surface area contributed by atoms with Crippen LogP contribution in [0.4, 0.5) is 4.79 Å². The molecule has 0 spiro atoms. The van der Waals surface area contributed by atoms with Gasteiger partial charge in [0.15, 0.2) is 0 Å². The lowest BCUT2D eigenvalue weighted by Crippen LogP contribution is -2.40. The molecule has 0 aromatic carbocycles. The number of amides is 1. The Morgan fingerprint density at radius 2 is 2.21 bits per heavy atom. The monoisotopic (exact) mass is 296 g/mol. The molecular weight excluding hydrogens is 280 g/mol. The van der Waals surface area contributed by atoms with Gasteiger partial charge in [-0.3, -0.25) is 0 Å². The summed E-state index contributed by atoms with van der Waals surface area (Å²) in [6.45, 7) is 5.93. The average molecular weight is 296 g/mol. The second-order valence-electron chi connectivity index (χ2n) is 5.05. The molecule has 0 unspecified atom stereocenters. The summed E-state index contributed by atoms with van der Waals surface area (Å²) in [6, 6.07) is 4.06. The van der Waals surface area contributed by atoms with Gasteiger partial charge < -0.3 is 10.1 Å². The molecule has 0 saturated carbocycles. The lowest BCUT2D eigenvalue weighted by atomic mass is 10.1. The Hall–Kier alpha value is -1.40. The van der Waals surface area contributed by atoms with Crippen molar-refractivity contribution >= 4 is 28.8 Å². The van der Waals surface area contributed by atoms with Gasteiger partial charge in [0.2, 0.25) is 0 Å². The van der Waals surface area contributed by atoms with Crippen LogP contribution in [0, 0.1) is 0 Å². The Morgan fingerprint density at radius 3 is 2.84 bits per heavy atom. The first-order valence-corrected chi connectivity index (χ1v) is 7.57. The summed E-state index contributed by atoms with van der Waals surface area (Å²) < 4.78 is 5.14. The molecule has 0 aliphatic rings. The quantitative estimate of drug-likeness (QED) is 0.934. The molecule has 2 rings (SSSR count). The summed E-state index contributed by atoms with van der Waals surface area (Å²) in [5, 5.41) is 5.57. The van der Waals surface area contributed by atoms with Crippen LogP contribution in [0.2, 0.25) is 0 Å². The number of carbonyl (C=O) groups excluding carboxylic acids is 1. The lowest BCUT2D eigenvalue weighted by Gasteiger charge is -2.19. The second kappa shape index (κ2) is 5.71. The first kappa shape index (κ1) is 14.0. The van der Waals surface area contributed by atoms with Crippen LogP contribution < -0.4 is 5.32 Å². The zero-order valence-electron chi connectivity index (χ0n) is 11.1. The van der Waals surface area contributed by atoms with Crippen molar-refractivity contribution in [3.63, 3.8) is 0 Å². The molecule has 0 bridgehead atoms. The van der Waals surface area contributed by atoms with E-state index in [9.17, 15) is 4.79 Å². The molecule has 0 aliphatic carbocycles. The highest BCUT2D eigenvalue weighted by Gasteiger charge is 2.15. The lowest BCUT2D eigenvalue weighted by molar-refractivity contribution is 0.131. The number of hydrogen-bond acceptors (Lipinski definition) is 5. The number of thiophene rings is 1. The normalized spacial score (nSPS) is 11.3. The van der Waals surface area contributed by atoms with Gasteiger partial charge in [-0.1, -0.05) is 6.07 Å². The zero-order chi connectivity index (χ0) is 13.9. The van der Waals surface area contributed by atoms with E-state index in [2.05, 4.69) is 16.4 Å². The molecule has 1 amide bonds. The minimum Gasteiger partial charge on any atom is -0.442 e. The van der Waals surface area contributed by atoms with Crippen molar-refractivity contribution in [1.82, 2.24) is 10.3 Å². The summed E-state index contributed by atoms with van der Waals surface area (Å²) in [4.78, 5) is 18.1. The maximum atomic E-state index is 11.5. The Kier molecular flexibility index (Phi) is 4.21. The molecule has 19 heavy (non-hydrogen) atoms. The van der Waals surface area contributed by atoms with Crippen LogP contribution in [0.25, 0.3) is 9.75 Å². The molecular formula is C13H16N2O2S2. The first-order chi connectivity index (χ1) is 8.94. The van der Waals surface area contributed by atoms with Crippen LogP contribution in [-0.4, -0.2) is 16.6 Å². The molecule has 0 radical (unpaired) electrons. The maximum absolute atomic E-state index is 11.5. The number of alkyl carbamates (subject to hydrolysis) is 1. The molecule has 1 N–H and O–H groups in total. The Bertz CT molecular complexity index is 541. The SMILES string of the molecule is CC(C)(C)NC(=O)OCc1ncc(-c2cccs2)s1. The Labute approximate surface area is 120 Å². The van der Waals surface area contributed by atoms with Crippen molar-refractivity contribution in [1.29, 1.82) is 0 Å². The van der Waals surface area contributed by atoms with Gasteiger partial charge in [0.05, 0.1) is 4.88 Å². The van der Waals surface area contributed by atoms with E-state index < -0.39 is 6.09 Å². The highest BCUT2D eigenvalue weighted by Crippen LogP contribution is 2.29. The molecule has 2 aromatic rings. The predicted octanol–water partition coefficient (Wildman–Crippen LogP) is 3.90. The summed E-state index contributed by atoms with van der Waals surface area (Å²) in [6.07, 6.45) is 1.40. The number of carbonyl (C=O) groups is 1. The van der Waals surface area contributed by atoms with Crippen LogP contribution in [0.1, 0.15) is 25.8 Å². The van der Waals surface area contributed by atoms with Crippen molar-refractivity contribution in [3.8, 4) is 9.75 Å². The summed E-state index contributed by atoms with van der Waals surface area (Å²) in [5.41, 5.74) is -0.290. The third kappa shape index (κ3) is 4.33. The third-order valence-corrected chi connectivity index (χ3v) is 4.16. The fourth-order valence-corrected chi connectivity index (χ4v) is 3.03. The predicted molar refractivity (Wildman–Crippen MR) is 78.5 cm³/mol. The number of ether oxygens (including phenoxy) is 1. The Morgan fingerprint density at radius 1 is 1.42 bits per heavy atom. The number of aromatic nitrogens is 1. The van der Waals surface area contributed by atoms with Crippen LogP contribution in [0.5, 0.6) is 0 Å². The van der Waals surface area contributed by atoms with E-state index in [0.29, 0.717) is 0 Å². The smallest absolute Gasteiger partial charge is 0.407 e. The van der Waals surface area contributed by atoms with Gasteiger partial charge in [-0.15, -0.1) is 22.7 Å². The van der Waals surface area contributed by atoms with E-state index in [-0.39, 0.29) is 12.1 Å². The van der Waals surface area contributed by atoms with Gasteiger partial charge >= 0.3 is 6.09 Å². The van der Waals surface area contributed by atoms with Gasteiger partial charge in [0.1, 0.15) is 11.6 Å². The topological polar surface area (TPSA) is 51.2 Å². The van der Waals surface area contributed by atoms with E-state index in [0.717, 1.165) is 9.88 Å². The van der Waals surface area contributed by atoms with Gasteiger partial charge in [0, 0.05) is 16.6 Å². The van der Waals surface area contributed by atoms with Crippen molar-refractivity contribution in [3.05, 3.63) is 28.7 Å². The van der Waals surface area contributed by atoms with Crippen LogP contribution in [0.15, 0.2) is 23.7 Å². The van der Waals surface area contributed by atoms with Gasteiger partial charge in [-0.2, -0.15) is 0 Å². The molecule has 0 saturated heterocycles. The van der Waals surface area contributed by atoms with Crippen molar-refractivity contribution in [2.75, 3.05) is 0 Å². The summed E-state index contributed by atoms with van der Waals surface area (Å²) >= 11 is 3.22. The third-order valence-electron chi connectivity index (χ3n) is 2.12. The Balaban J connectivity index is 1.89. The van der Waals surface area contributed by atoms with Crippen LogP contribution in [0.3, 0.4) is 0 Å². The molecule has 0 atom stereocenters. The van der Waals surface area contributed by atoms with Crippen LogP contribution in [-0.2, 0) is 11.3 Å². The van der Waals surface area contributed by atoms with E-state index in [1.807, 2.05) is 38.4 Å². The fourth-order valence-electron chi connectivity index (χ4n) is 1.38. The maximum Gasteiger partial charge on any atom is 0.407 e. The molecule has 0 aliphatic heterocycles. The van der Waals surface area contributed by atoms with E-state index in [1.165, 1.54) is 4.88 Å². The average Bonchev–Trinajstić information content (AvgIpc) is 2.95. The molecule has 2 aromatic heterocycles. The number of hydrogen-bond donors (Lipinski definition) is 1. The largest absolute Gasteiger partial charge is 0.442 e. The van der Waals surface area contributed by atoms with Crippen molar-refractivity contribution in [2.24, 2.45) is 0 Å². The van der Waals surface area contributed by atoms with E-state index in [4.69, 9.17) is 4.74 Å². The first-order valence-electron chi connectivity index (χ1n) is 5.87. The highest BCUT2D eigenvalue weighted by molar-refractivity contribution is 7.21. The number of thiazole rings is 1. The molecule has 4 nitrogen and oxygen atoms in total. The van der Waals surface area contributed by atoms with Gasteiger partial charge in [-0.05, 0) is 32.2 Å². The van der Waals surface area contributed by atoms with Gasteiger partial charge in [-0.25, -0.2) is 9.78 Å². The summed E-state index contributed by atoms with van der Waals surface area (Å²) in [7, 11) is 0. The standard InChI is InChI=1S/C13H16N2O2S2/c1-13(2,3)15-12(16)17-8-11-14-7-10(19-11)9-5-4-6-18-9/h4-7H,8H2,1-3H3,(H,15,16). The van der Waals surface area contributed by atoms with Crippen LogP contribution >= 0.6 is 22.7 Å². The molecule has 102 valence electrons. The molecule has 6 heteroatoms. The van der Waals surface area contributed by atoms with Crippen molar-refractivity contribution in [2.45, 2.75) is 32.9 Å². The zero-order valence-corrected chi connectivity index (χ0v) is 12.7. The summed E-state index contributed by atoms with van der Waals surface area (Å²) in [5.74, 6) is 0. The second-order valence-corrected chi connectivity index (χ2v) is 7.11. The highest BCUT2D eigenvalue weighted by atomic mass is 32.1. The minimum atomic E-state index is -0.416. The fraction of sp³-hybridized carbons (Fsp3) is 0.385. The number of rotatable bonds is 3.